The Balaban J connectivity index is 0.000000108. The van der Waals surface area contributed by atoms with E-state index in [0.717, 1.165) is 127 Å². The van der Waals surface area contributed by atoms with Crippen LogP contribution >= 0.6 is 11.3 Å². The molecule has 6 aromatic heterocycles. The maximum absolute atomic E-state index is 6.15. The molecule has 0 aliphatic carbocycles. The summed E-state index contributed by atoms with van der Waals surface area (Å²) < 4.78 is 15.0. The Labute approximate surface area is 779 Å². The molecule has 0 saturated heterocycles. The molecule has 0 bridgehead atoms. The van der Waals surface area contributed by atoms with Gasteiger partial charge in [0.1, 0.15) is 22.3 Å². The van der Waals surface area contributed by atoms with Crippen molar-refractivity contribution in [2.45, 2.75) is 0 Å². The van der Waals surface area contributed by atoms with Crippen molar-refractivity contribution < 1.29 is 8.83 Å². The topological polar surface area (TPSA) is 142 Å². The monoisotopic (exact) mass is 1740 g/mol. The van der Waals surface area contributed by atoms with E-state index in [2.05, 4.69) is 249 Å². The number of para-hydroxylation sites is 2. The van der Waals surface area contributed by atoms with E-state index >= 15 is 0 Å². The first kappa shape index (κ1) is 79.2. The highest BCUT2D eigenvalue weighted by Crippen LogP contribution is 2.45. The van der Waals surface area contributed by atoms with Gasteiger partial charge in [-0.3, -0.25) is 0 Å². The highest BCUT2D eigenvalue weighted by molar-refractivity contribution is 7.26. The second-order valence-electron chi connectivity index (χ2n) is 33.8. The van der Waals surface area contributed by atoms with E-state index in [4.69, 9.17) is 53.7 Å². The summed E-state index contributed by atoms with van der Waals surface area (Å²) in [6, 6.07) is 158. The summed E-state index contributed by atoms with van der Waals surface area (Å²) in [5.41, 5.74) is 19.4. The van der Waals surface area contributed by atoms with Crippen molar-refractivity contribution in [2.24, 2.45) is 0 Å². The van der Waals surface area contributed by atoms with Crippen LogP contribution in [0.3, 0.4) is 0 Å². The molecule has 0 saturated carbocycles. The zero-order chi connectivity index (χ0) is 89.2. The zero-order valence-electron chi connectivity index (χ0n) is 72.6. The molecule has 27 rings (SSSR count). The lowest BCUT2D eigenvalue weighted by Crippen LogP contribution is -2.00. The second kappa shape index (κ2) is 33.8. The van der Waals surface area contributed by atoms with Crippen molar-refractivity contribution in [3.8, 4) is 136 Å². The molecular formula is C123H75N9O2S. The van der Waals surface area contributed by atoms with Gasteiger partial charge in [0, 0.05) is 97.2 Å². The van der Waals surface area contributed by atoms with E-state index in [1.807, 2.05) is 218 Å². The number of thiophene rings is 1. The minimum Gasteiger partial charge on any atom is -0.456 e. The van der Waals surface area contributed by atoms with Gasteiger partial charge in [-0.15, -0.1) is 11.3 Å². The fourth-order valence-electron chi connectivity index (χ4n) is 18.9. The quantitative estimate of drug-likeness (QED) is 0.115. The van der Waals surface area contributed by atoms with Crippen molar-refractivity contribution in [3.63, 3.8) is 0 Å². The lowest BCUT2D eigenvalue weighted by molar-refractivity contribution is 0.669. The van der Waals surface area contributed by atoms with Gasteiger partial charge in [0.2, 0.25) is 0 Å². The number of aromatic nitrogens is 9. The third-order valence-electron chi connectivity index (χ3n) is 25.5. The van der Waals surface area contributed by atoms with Crippen LogP contribution in [-0.2, 0) is 0 Å². The Kier molecular flexibility index (Phi) is 19.9. The number of hydrogen-bond acceptors (Lipinski definition) is 12. The lowest BCUT2D eigenvalue weighted by atomic mass is 9.93. The van der Waals surface area contributed by atoms with E-state index in [0.29, 0.717) is 52.4 Å². The van der Waals surface area contributed by atoms with Crippen molar-refractivity contribution in [1.29, 1.82) is 0 Å². The van der Waals surface area contributed by atoms with Gasteiger partial charge in [0.15, 0.2) is 52.4 Å². The second-order valence-corrected chi connectivity index (χ2v) is 34.8. The Hall–Kier alpha value is -18.0. The Morgan fingerprint density at radius 2 is 0.467 bits per heavy atom. The highest BCUT2D eigenvalue weighted by atomic mass is 32.1. The van der Waals surface area contributed by atoms with E-state index < -0.39 is 0 Å². The molecule has 630 valence electrons. The number of fused-ring (bicyclic) bond motifs is 17. The molecule has 0 amide bonds. The molecule has 0 N–H and O–H groups in total. The predicted molar refractivity (Wildman–Crippen MR) is 557 cm³/mol. The van der Waals surface area contributed by atoms with Gasteiger partial charge in [-0.25, -0.2) is 44.9 Å². The Morgan fingerprint density at radius 1 is 0.148 bits per heavy atom. The molecule has 0 radical (unpaired) electrons. The molecule has 0 atom stereocenters. The molecule has 6 heterocycles. The predicted octanol–water partition coefficient (Wildman–Crippen LogP) is 32.7. The van der Waals surface area contributed by atoms with Crippen LogP contribution in [0.2, 0.25) is 0 Å². The first-order chi connectivity index (χ1) is 66.8. The first-order valence-electron chi connectivity index (χ1n) is 45.1. The van der Waals surface area contributed by atoms with Crippen LogP contribution in [0.25, 0.3) is 265 Å². The Morgan fingerprint density at radius 3 is 1.01 bits per heavy atom. The fourth-order valence-corrected chi connectivity index (χ4v) is 20.2. The molecule has 12 heteroatoms. The van der Waals surface area contributed by atoms with Crippen LogP contribution < -0.4 is 0 Å². The minimum absolute atomic E-state index is 0.650. The van der Waals surface area contributed by atoms with Crippen molar-refractivity contribution >= 4 is 140 Å². The average Bonchev–Trinajstić information content (AvgIpc) is 1.30. The number of nitrogens with zero attached hydrogens (tertiary/aromatic N) is 9. The van der Waals surface area contributed by atoms with Gasteiger partial charge in [-0.2, -0.15) is 0 Å². The molecule has 21 aromatic carbocycles. The van der Waals surface area contributed by atoms with E-state index in [-0.39, 0.29) is 0 Å². The van der Waals surface area contributed by atoms with Crippen molar-refractivity contribution in [3.05, 3.63) is 455 Å². The van der Waals surface area contributed by atoms with Crippen LogP contribution in [0.15, 0.2) is 464 Å². The molecule has 0 aliphatic rings. The standard InChI is InChI=1S/2C41H25N3O.C41H25N3S/c1-3-11-26(12-4-1)39-42-40(27-13-5-2-6-14-27)44-41(43-39)35-19-10-17-32-31(16-9-18-33(32)35)29-22-21-28-25-38-36(24-30(28)23-29)34-15-7-8-20-37(34)45-38;1-3-10-26(11-4-1)39-42-40(27-12-5-2-6-13-27)44-41(43-39)31-19-21-33-28(25-31)14-9-16-32(33)29-18-22-34-30(24-29)20-23-37-38(34)35-15-7-8-17-36(35)45-37;1-3-10-26(11-4-1)39-42-40(27-12-5-2-6-13-27)44-41(43-39)31-21-19-28-24-30(20-18-29(28)25-31)32-15-9-16-35-33(32)22-23-36-34-14-7-8-17-37(34)45-38(35)36/h3*1-25H. The third kappa shape index (κ3) is 14.9. The maximum Gasteiger partial charge on any atom is 0.164 e. The number of rotatable bonds is 12. The Bertz CT molecular complexity index is 9150. The smallest absolute Gasteiger partial charge is 0.164 e. The molecule has 11 nitrogen and oxygen atoms in total. The third-order valence-corrected chi connectivity index (χ3v) is 26.7. The van der Waals surface area contributed by atoms with Crippen LogP contribution in [0.1, 0.15) is 0 Å². The van der Waals surface area contributed by atoms with Gasteiger partial charge >= 0.3 is 0 Å². The summed E-state index contributed by atoms with van der Waals surface area (Å²) in [4.78, 5) is 44.3. The lowest BCUT2D eigenvalue weighted by Gasteiger charge is -2.13. The number of furan rings is 2. The molecule has 0 fully saturated rings. The molecule has 0 spiro atoms. The summed E-state index contributed by atoms with van der Waals surface area (Å²) in [7, 11) is 0. The van der Waals surface area contributed by atoms with Crippen LogP contribution in [0.5, 0.6) is 0 Å². The van der Waals surface area contributed by atoms with Gasteiger partial charge < -0.3 is 8.83 Å². The van der Waals surface area contributed by atoms with E-state index in [9.17, 15) is 0 Å². The minimum atomic E-state index is 0.650. The van der Waals surface area contributed by atoms with Crippen molar-refractivity contribution in [1.82, 2.24) is 44.9 Å². The first-order valence-corrected chi connectivity index (χ1v) is 45.9. The van der Waals surface area contributed by atoms with Crippen LogP contribution in [0.4, 0.5) is 0 Å². The fraction of sp³-hybridized carbons (Fsp3) is 0. The van der Waals surface area contributed by atoms with Crippen molar-refractivity contribution in [2.75, 3.05) is 0 Å². The normalized spacial score (nSPS) is 11.6. The molecule has 0 unspecified atom stereocenters. The summed E-state index contributed by atoms with van der Waals surface area (Å²) in [5, 5.41) is 21.4. The van der Waals surface area contributed by atoms with Gasteiger partial charge in [0.25, 0.3) is 0 Å². The summed E-state index contributed by atoms with van der Waals surface area (Å²) >= 11 is 1.88. The molecule has 0 aliphatic heterocycles. The van der Waals surface area contributed by atoms with Crippen LogP contribution in [-0.4, -0.2) is 44.9 Å². The average molecular weight is 1740 g/mol. The van der Waals surface area contributed by atoms with Gasteiger partial charge in [-0.1, -0.05) is 388 Å². The summed E-state index contributed by atoms with van der Waals surface area (Å²) in [6.45, 7) is 0. The number of benzene rings is 21. The van der Waals surface area contributed by atoms with E-state index in [1.165, 1.54) is 85.5 Å². The largest absolute Gasteiger partial charge is 0.456 e. The molecule has 27 aromatic rings. The van der Waals surface area contributed by atoms with Gasteiger partial charge in [-0.05, 0) is 159 Å². The SMILES string of the molecule is c1ccc(-c2nc(-c3ccccc3)nc(-c3ccc4c(-c5ccc6c(ccc7oc8ccccc8c76)c5)cccc4c3)n2)cc1.c1ccc(-c2nc(-c3ccccc3)nc(-c3ccc4cc(-c5cccc6c5ccc5c7ccccc7sc65)ccc4c3)n2)cc1.c1ccc(-c2nc(-c3ccccc3)nc(-c3cccc4c(-c5ccc6cc7oc8ccccc8c7cc6c5)cccc34)n2)cc1. The maximum atomic E-state index is 6.15. The zero-order valence-corrected chi connectivity index (χ0v) is 73.4. The van der Waals surface area contributed by atoms with Crippen LogP contribution in [0, 0.1) is 0 Å². The van der Waals surface area contributed by atoms with E-state index in [1.54, 1.807) is 0 Å². The van der Waals surface area contributed by atoms with Gasteiger partial charge in [0.05, 0.1) is 0 Å². The highest BCUT2D eigenvalue weighted by Gasteiger charge is 2.22. The molecular weight excluding hydrogens is 1670 g/mol. The number of hydrogen-bond donors (Lipinski definition) is 0. The molecule has 135 heavy (non-hydrogen) atoms. The summed E-state index contributed by atoms with van der Waals surface area (Å²) in [5.74, 6) is 5.91. The summed E-state index contributed by atoms with van der Waals surface area (Å²) in [6.07, 6.45) is 0.